The van der Waals surface area contributed by atoms with E-state index in [9.17, 15) is 8.78 Å². The van der Waals surface area contributed by atoms with E-state index in [2.05, 4.69) is 27.6 Å². The lowest BCUT2D eigenvalue weighted by Gasteiger charge is -2.17. The minimum absolute atomic E-state index is 0.162. The molecule has 1 atom stereocenters. The molecular weight excluding hydrogens is 324 g/mol. The molecule has 0 amide bonds. The quantitative estimate of drug-likeness (QED) is 0.623. The van der Waals surface area contributed by atoms with E-state index in [1.165, 1.54) is 6.07 Å². The zero-order valence-corrected chi connectivity index (χ0v) is 15.1. The highest BCUT2D eigenvalue weighted by atomic mass is 19.1. The number of guanidine groups is 1. The Bertz CT molecular complexity index is 739. The molecule has 2 rings (SSSR count). The van der Waals surface area contributed by atoms with E-state index in [1.807, 2.05) is 24.6 Å². The fraction of sp³-hybridized carbons (Fsp3) is 0.444. The summed E-state index contributed by atoms with van der Waals surface area (Å²) >= 11 is 0. The predicted octanol–water partition coefficient (Wildman–Crippen LogP) is 2.78. The van der Waals surface area contributed by atoms with Crippen molar-refractivity contribution < 1.29 is 8.78 Å². The standard InChI is InChI=1S/C18H25F2N5/c1-12(11-25-14(3)7-13(2)24-25)9-22-18(21-4)23-10-15-8-16(19)5-6-17(15)20/h5-8,12H,9-11H2,1-4H3,(H2,21,22,23). The largest absolute Gasteiger partial charge is 0.356 e. The summed E-state index contributed by atoms with van der Waals surface area (Å²) < 4.78 is 28.8. The monoisotopic (exact) mass is 349 g/mol. The van der Waals surface area contributed by atoms with Gasteiger partial charge in [-0.05, 0) is 44.0 Å². The highest BCUT2D eigenvalue weighted by Crippen LogP contribution is 2.09. The van der Waals surface area contributed by atoms with Crippen LogP contribution in [-0.2, 0) is 13.1 Å². The second kappa shape index (κ2) is 8.60. The molecule has 0 fully saturated rings. The number of halogens is 2. The third kappa shape index (κ3) is 5.55. The topological polar surface area (TPSA) is 54.2 Å². The van der Waals surface area contributed by atoms with Gasteiger partial charge in [-0.15, -0.1) is 0 Å². The third-order valence-electron chi connectivity index (χ3n) is 3.88. The van der Waals surface area contributed by atoms with Crippen LogP contribution >= 0.6 is 0 Å². The van der Waals surface area contributed by atoms with E-state index < -0.39 is 11.6 Å². The van der Waals surface area contributed by atoms with Crippen molar-refractivity contribution in [1.82, 2.24) is 20.4 Å². The van der Waals surface area contributed by atoms with Crippen LogP contribution in [-0.4, -0.2) is 29.3 Å². The van der Waals surface area contributed by atoms with Crippen LogP contribution in [0.5, 0.6) is 0 Å². The maximum Gasteiger partial charge on any atom is 0.191 e. The summed E-state index contributed by atoms with van der Waals surface area (Å²) in [4.78, 5) is 4.11. The smallest absolute Gasteiger partial charge is 0.191 e. The summed E-state index contributed by atoms with van der Waals surface area (Å²) in [6, 6.07) is 5.46. The summed E-state index contributed by atoms with van der Waals surface area (Å²) in [7, 11) is 1.64. The second-order valence-electron chi connectivity index (χ2n) is 6.26. The second-order valence-corrected chi connectivity index (χ2v) is 6.26. The van der Waals surface area contributed by atoms with Crippen LogP contribution in [0.2, 0.25) is 0 Å². The maximum atomic E-state index is 13.6. The van der Waals surface area contributed by atoms with Crippen LogP contribution in [0.1, 0.15) is 23.9 Å². The van der Waals surface area contributed by atoms with Gasteiger partial charge in [0.05, 0.1) is 5.69 Å². The van der Waals surface area contributed by atoms with Gasteiger partial charge in [0.25, 0.3) is 0 Å². The van der Waals surface area contributed by atoms with Crippen molar-refractivity contribution in [2.45, 2.75) is 33.9 Å². The number of aryl methyl sites for hydroxylation is 2. The van der Waals surface area contributed by atoms with Crippen molar-refractivity contribution in [3.8, 4) is 0 Å². The lowest BCUT2D eigenvalue weighted by Crippen LogP contribution is -2.39. The Morgan fingerprint density at radius 1 is 1.24 bits per heavy atom. The summed E-state index contributed by atoms with van der Waals surface area (Å²) in [6.45, 7) is 7.77. The van der Waals surface area contributed by atoms with Crippen molar-refractivity contribution in [3.63, 3.8) is 0 Å². The van der Waals surface area contributed by atoms with Crippen molar-refractivity contribution in [1.29, 1.82) is 0 Å². The van der Waals surface area contributed by atoms with Gasteiger partial charge in [-0.2, -0.15) is 5.10 Å². The van der Waals surface area contributed by atoms with E-state index in [0.717, 1.165) is 30.1 Å². The number of aliphatic imine (C=N–C) groups is 1. The van der Waals surface area contributed by atoms with Crippen LogP contribution in [0.15, 0.2) is 29.3 Å². The number of nitrogens with one attached hydrogen (secondary N) is 2. The van der Waals surface area contributed by atoms with Gasteiger partial charge in [0.1, 0.15) is 11.6 Å². The number of hydrogen-bond acceptors (Lipinski definition) is 2. The Labute approximate surface area is 147 Å². The molecule has 0 saturated heterocycles. The molecule has 0 bridgehead atoms. The fourth-order valence-corrected chi connectivity index (χ4v) is 2.57. The molecule has 1 heterocycles. The molecule has 0 aliphatic carbocycles. The zero-order valence-electron chi connectivity index (χ0n) is 15.1. The van der Waals surface area contributed by atoms with Crippen molar-refractivity contribution in [2.24, 2.45) is 10.9 Å². The Balaban J connectivity index is 1.83. The lowest BCUT2D eigenvalue weighted by molar-refractivity contribution is 0.436. The molecule has 0 radical (unpaired) electrons. The minimum Gasteiger partial charge on any atom is -0.356 e. The lowest BCUT2D eigenvalue weighted by atomic mass is 10.2. The first kappa shape index (κ1) is 18.9. The van der Waals surface area contributed by atoms with Gasteiger partial charge >= 0.3 is 0 Å². The van der Waals surface area contributed by atoms with E-state index in [0.29, 0.717) is 18.4 Å². The average Bonchev–Trinajstić information content (AvgIpc) is 2.88. The van der Waals surface area contributed by atoms with Crippen molar-refractivity contribution in [3.05, 3.63) is 52.9 Å². The van der Waals surface area contributed by atoms with E-state index in [4.69, 9.17) is 0 Å². The van der Waals surface area contributed by atoms with E-state index in [-0.39, 0.29) is 12.1 Å². The molecule has 25 heavy (non-hydrogen) atoms. The Kier molecular flexibility index (Phi) is 6.50. The number of benzene rings is 1. The summed E-state index contributed by atoms with van der Waals surface area (Å²) in [5.74, 6) is -0.0340. The summed E-state index contributed by atoms with van der Waals surface area (Å²) in [5.41, 5.74) is 2.40. The van der Waals surface area contributed by atoms with Crippen molar-refractivity contribution >= 4 is 5.96 Å². The van der Waals surface area contributed by atoms with Crippen LogP contribution < -0.4 is 10.6 Å². The maximum absolute atomic E-state index is 13.6. The van der Waals surface area contributed by atoms with Gasteiger partial charge in [0, 0.05) is 37.9 Å². The van der Waals surface area contributed by atoms with Gasteiger partial charge < -0.3 is 10.6 Å². The molecule has 1 unspecified atom stereocenters. The van der Waals surface area contributed by atoms with Crippen LogP contribution in [0.4, 0.5) is 8.78 Å². The molecule has 7 heteroatoms. The van der Waals surface area contributed by atoms with Gasteiger partial charge in [-0.1, -0.05) is 6.92 Å². The van der Waals surface area contributed by atoms with Gasteiger partial charge in [0.2, 0.25) is 0 Å². The molecular formula is C18H25F2N5. The SMILES string of the molecule is CN=C(NCc1cc(F)ccc1F)NCC(C)Cn1nc(C)cc1C. The highest BCUT2D eigenvalue weighted by molar-refractivity contribution is 5.79. The molecule has 0 aliphatic rings. The first-order chi connectivity index (χ1) is 11.9. The number of nitrogens with zero attached hydrogens (tertiary/aromatic N) is 3. The molecule has 2 aromatic rings. The predicted molar refractivity (Wildman–Crippen MR) is 95.4 cm³/mol. The van der Waals surface area contributed by atoms with Gasteiger partial charge in [0.15, 0.2) is 5.96 Å². The Morgan fingerprint density at radius 3 is 2.64 bits per heavy atom. The Morgan fingerprint density at radius 2 is 2.00 bits per heavy atom. The molecule has 1 aromatic heterocycles. The van der Waals surface area contributed by atoms with Crippen LogP contribution in [0, 0.1) is 31.4 Å². The molecule has 136 valence electrons. The first-order valence-corrected chi connectivity index (χ1v) is 8.28. The number of hydrogen-bond donors (Lipinski definition) is 2. The number of rotatable bonds is 6. The minimum atomic E-state index is -0.459. The molecule has 1 aromatic carbocycles. The first-order valence-electron chi connectivity index (χ1n) is 8.28. The van der Waals surface area contributed by atoms with Gasteiger partial charge in [-0.3, -0.25) is 9.67 Å². The summed E-state index contributed by atoms with van der Waals surface area (Å²) in [6.07, 6.45) is 0. The van der Waals surface area contributed by atoms with Gasteiger partial charge in [-0.25, -0.2) is 8.78 Å². The molecule has 0 saturated carbocycles. The molecule has 0 spiro atoms. The van der Waals surface area contributed by atoms with Crippen molar-refractivity contribution in [2.75, 3.05) is 13.6 Å². The number of aromatic nitrogens is 2. The Hall–Kier alpha value is -2.44. The fourth-order valence-electron chi connectivity index (χ4n) is 2.57. The zero-order chi connectivity index (χ0) is 18.4. The molecule has 2 N–H and O–H groups in total. The van der Waals surface area contributed by atoms with E-state index in [1.54, 1.807) is 7.05 Å². The van der Waals surface area contributed by atoms with Crippen LogP contribution in [0.3, 0.4) is 0 Å². The third-order valence-corrected chi connectivity index (χ3v) is 3.88. The average molecular weight is 349 g/mol. The summed E-state index contributed by atoms with van der Waals surface area (Å²) in [5, 5.41) is 10.7. The highest BCUT2D eigenvalue weighted by Gasteiger charge is 2.09. The van der Waals surface area contributed by atoms with E-state index >= 15 is 0 Å². The van der Waals surface area contributed by atoms with Crippen LogP contribution in [0.25, 0.3) is 0 Å². The molecule has 5 nitrogen and oxygen atoms in total. The molecule has 0 aliphatic heterocycles. The normalized spacial score (nSPS) is 13.0.